The van der Waals surface area contributed by atoms with E-state index in [1.807, 2.05) is 30.5 Å². The van der Waals surface area contributed by atoms with Gasteiger partial charge >= 0.3 is 0 Å². The van der Waals surface area contributed by atoms with Crippen molar-refractivity contribution >= 4 is 32.7 Å². The van der Waals surface area contributed by atoms with Crippen LogP contribution >= 0.6 is 22.6 Å². The molecule has 0 saturated carbocycles. The molecule has 1 unspecified atom stereocenters. The molecule has 90 valence electrons. The Morgan fingerprint density at radius 1 is 1.38 bits per heavy atom. The zero-order valence-corrected chi connectivity index (χ0v) is 12.7. The number of rotatable bonds is 2. The summed E-state index contributed by atoms with van der Waals surface area (Å²) in [5.74, 6) is 0. The lowest BCUT2D eigenvalue weighted by atomic mass is 10.3. The fourth-order valence-electron chi connectivity index (χ4n) is 2.35. The molecule has 1 heterocycles. The molecular formula is C12H18INOS. The van der Waals surface area contributed by atoms with Gasteiger partial charge in [-0.25, -0.2) is 4.31 Å². The van der Waals surface area contributed by atoms with Gasteiger partial charge < -0.3 is 0 Å². The van der Waals surface area contributed by atoms with Crippen LogP contribution < -0.4 is 0 Å². The summed E-state index contributed by atoms with van der Waals surface area (Å²) < 4.78 is 16.2. The van der Waals surface area contributed by atoms with Gasteiger partial charge in [-0.3, -0.25) is 4.21 Å². The summed E-state index contributed by atoms with van der Waals surface area (Å²) in [6.07, 6.45) is 4.24. The molecule has 2 nitrogen and oxygen atoms in total. The molecule has 1 atom stereocenters. The van der Waals surface area contributed by atoms with Crippen LogP contribution in [0.3, 0.4) is 0 Å². The average Bonchev–Trinajstić information content (AvgIpc) is 2.66. The van der Waals surface area contributed by atoms with E-state index in [9.17, 15) is 4.21 Å². The SMILES string of the molecule is CC1CCCN1[SH](C)(=O)c1ccc(I)cc1. The molecule has 2 rings (SSSR count). The van der Waals surface area contributed by atoms with Gasteiger partial charge in [-0.05, 0) is 76.7 Å². The Hall–Kier alpha value is 0.0600. The first kappa shape index (κ1) is 12.5. The van der Waals surface area contributed by atoms with Crippen LogP contribution in [0.5, 0.6) is 0 Å². The molecule has 16 heavy (non-hydrogen) atoms. The Morgan fingerprint density at radius 3 is 2.50 bits per heavy atom. The fourth-order valence-corrected chi connectivity index (χ4v) is 5.10. The van der Waals surface area contributed by atoms with Gasteiger partial charge in [-0.1, -0.05) is 0 Å². The highest BCUT2D eigenvalue weighted by Gasteiger charge is 2.29. The molecule has 1 aromatic carbocycles. The van der Waals surface area contributed by atoms with Crippen LogP contribution in [0.2, 0.25) is 0 Å². The largest absolute Gasteiger partial charge is 0.267 e. The van der Waals surface area contributed by atoms with Gasteiger partial charge in [0.25, 0.3) is 0 Å². The lowest BCUT2D eigenvalue weighted by Crippen LogP contribution is -2.38. The van der Waals surface area contributed by atoms with E-state index in [4.69, 9.17) is 0 Å². The lowest BCUT2D eigenvalue weighted by Gasteiger charge is -2.33. The first-order valence-electron chi connectivity index (χ1n) is 5.62. The normalized spacial score (nSPS) is 23.6. The van der Waals surface area contributed by atoms with E-state index in [-0.39, 0.29) is 0 Å². The van der Waals surface area contributed by atoms with E-state index in [1.165, 1.54) is 16.4 Å². The summed E-state index contributed by atoms with van der Waals surface area (Å²) in [4.78, 5) is 0.988. The fraction of sp³-hybridized carbons (Fsp3) is 0.500. The van der Waals surface area contributed by atoms with Gasteiger partial charge in [0.1, 0.15) is 0 Å². The van der Waals surface area contributed by atoms with E-state index < -0.39 is 10.1 Å². The highest BCUT2D eigenvalue weighted by Crippen LogP contribution is 2.29. The third kappa shape index (κ3) is 2.33. The summed E-state index contributed by atoms with van der Waals surface area (Å²) in [5, 5.41) is 0. The molecule has 0 aromatic heterocycles. The van der Waals surface area contributed by atoms with Crippen LogP contribution in [0.4, 0.5) is 0 Å². The minimum Gasteiger partial charge on any atom is -0.267 e. The molecule has 4 heteroatoms. The van der Waals surface area contributed by atoms with Gasteiger partial charge in [0.05, 0.1) is 0 Å². The first-order valence-corrected chi connectivity index (χ1v) is 8.81. The van der Waals surface area contributed by atoms with Crippen molar-refractivity contribution < 1.29 is 4.21 Å². The Morgan fingerprint density at radius 2 is 2.00 bits per heavy atom. The topological polar surface area (TPSA) is 20.3 Å². The van der Waals surface area contributed by atoms with Crippen molar-refractivity contribution in [1.82, 2.24) is 4.31 Å². The number of nitrogens with zero attached hydrogens (tertiary/aromatic N) is 1. The molecule has 0 amide bonds. The van der Waals surface area contributed by atoms with Gasteiger partial charge in [-0.2, -0.15) is 0 Å². The number of hydrogen-bond donors (Lipinski definition) is 1. The molecule has 0 bridgehead atoms. The molecule has 1 aromatic rings. The maximum Gasteiger partial charge on any atom is 0.0271 e. The predicted molar refractivity (Wildman–Crippen MR) is 78.3 cm³/mol. The van der Waals surface area contributed by atoms with Gasteiger partial charge in [0, 0.05) is 27.3 Å². The number of thiol groups is 1. The molecule has 1 aliphatic heterocycles. The highest BCUT2D eigenvalue weighted by molar-refractivity contribution is 14.1. The summed E-state index contributed by atoms with van der Waals surface area (Å²) in [6.45, 7) is 3.15. The third-order valence-electron chi connectivity index (χ3n) is 3.31. The smallest absolute Gasteiger partial charge is 0.0271 e. The van der Waals surface area contributed by atoms with Crippen molar-refractivity contribution in [2.24, 2.45) is 0 Å². The molecule has 0 aliphatic carbocycles. The molecule has 0 spiro atoms. The quantitative estimate of drug-likeness (QED) is 0.642. The van der Waals surface area contributed by atoms with Crippen LogP contribution in [-0.4, -0.2) is 27.4 Å². The van der Waals surface area contributed by atoms with E-state index in [0.29, 0.717) is 6.04 Å². The first-order chi connectivity index (χ1) is 7.51. The summed E-state index contributed by atoms with van der Waals surface area (Å²) >= 11 is 2.27. The lowest BCUT2D eigenvalue weighted by molar-refractivity contribution is 0.432. The minimum atomic E-state index is -2.34. The molecule has 1 saturated heterocycles. The Kier molecular flexibility index (Phi) is 3.71. The maximum absolute atomic E-state index is 12.9. The highest BCUT2D eigenvalue weighted by atomic mass is 127. The van der Waals surface area contributed by atoms with Gasteiger partial charge in [-0.15, -0.1) is 0 Å². The maximum atomic E-state index is 12.9. The Labute approximate surface area is 112 Å². The second kappa shape index (κ2) is 4.74. The van der Waals surface area contributed by atoms with Crippen LogP contribution in [0.15, 0.2) is 29.2 Å². The zero-order valence-electron chi connectivity index (χ0n) is 9.69. The van der Waals surface area contributed by atoms with Crippen LogP contribution in [0, 0.1) is 3.57 Å². The summed E-state index contributed by atoms with van der Waals surface area (Å²) in [5.41, 5.74) is 0. The monoisotopic (exact) mass is 351 g/mol. The van der Waals surface area contributed by atoms with Crippen LogP contribution in [-0.2, 0) is 10.1 Å². The van der Waals surface area contributed by atoms with Gasteiger partial charge in [0.15, 0.2) is 0 Å². The van der Waals surface area contributed by atoms with E-state index in [0.717, 1.165) is 11.4 Å². The van der Waals surface area contributed by atoms with E-state index in [2.05, 4.69) is 33.8 Å². The molecule has 1 aliphatic rings. The van der Waals surface area contributed by atoms with E-state index in [1.54, 1.807) is 0 Å². The second-order valence-electron chi connectivity index (χ2n) is 4.51. The average molecular weight is 351 g/mol. The number of benzene rings is 1. The summed E-state index contributed by atoms with van der Waals surface area (Å²) in [6, 6.07) is 8.54. The van der Waals surface area contributed by atoms with Crippen molar-refractivity contribution in [2.45, 2.75) is 30.7 Å². The molecule has 0 N–H and O–H groups in total. The van der Waals surface area contributed by atoms with Crippen molar-refractivity contribution in [3.05, 3.63) is 27.8 Å². The Balaban J connectivity index is 2.31. The number of halogens is 1. The Bertz CT molecular complexity index is 418. The van der Waals surface area contributed by atoms with Crippen molar-refractivity contribution in [3.8, 4) is 0 Å². The third-order valence-corrected chi connectivity index (χ3v) is 6.86. The van der Waals surface area contributed by atoms with Crippen molar-refractivity contribution in [2.75, 3.05) is 12.8 Å². The predicted octanol–water partition coefficient (Wildman–Crippen LogP) is 2.70. The standard InChI is InChI=1S/C12H18INOS/c1-10-4-3-9-14(10)16(2,15)12-7-5-11(13)6-8-12/h5-8,10,16H,3-4,9H2,1-2H3. The van der Waals surface area contributed by atoms with E-state index >= 15 is 0 Å². The zero-order chi connectivity index (χ0) is 11.8. The van der Waals surface area contributed by atoms with Crippen LogP contribution in [0.25, 0.3) is 0 Å². The van der Waals surface area contributed by atoms with Gasteiger partial charge in [0.2, 0.25) is 0 Å². The molecule has 0 radical (unpaired) electrons. The second-order valence-corrected chi connectivity index (χ2v) is 8.54. The summed E-state index contributed by atoms with van der Waals surface area (Å²) in [7, 11) is -2.34. The van der Waals surface area contributed by atoms with Crippen LogP contribution in [0.1, 0.15) is 19.8 Å². The number of hydrogen-bond acceptors (Lipinski definition) is 1. The van der Waals surface area contributed by atoms with Crippen molar-refractivity contribution in [3.63, 3.8) is 0 Å². The molecule has 1 fully saturated rings. The van der Waals surface area contributed by atoms with Crippen molar-refractivity contribution in [1.29, 1.82) is 0 Å². The minimum absolute atomic E-state index is 0.454. The molecular weight excluding hydrogens is 333 g/mol.